The summed E-state index contributed by atoms with van der Waals surface area (Å²) in [6.07, 6.45) is 2.76. The summed E-state index contributed by atoms with van der Waals surface area (Å²) < 4.78 is 26.8. The number of nitrogens with zero attached hydrogens (tertiary/aromatic N) is 2. The summed E-state index contributed by atoms with van der Waals surface area (Å²) in [5.41, 5.74) is -0.464. The van der Waals surface area contributed by atoms with Crippen LogP contribution in [0.15, 0.2) is 23.1 Å². The smallest absolute Gasteiger partial charge is 0.326 e. The van der Waals surface area contributed by atoms with E-state index >= 15 is 0 Å². The van der Waals surface area contributed by atoms with Crippen LogP contribution >= 0.6 is 0 Å². The maximum Gasteiger partial charge on any atom is 0.326 e. The molecule has 0 spiro atoms. The standard InChI is InChI=1S/C17H25N3O6S/c1-12(2)10-15(17(21)22)18-14-7-6-13(11-16(14)20(23)24)27(25,26)19-8-4-3-5-9-19/h6-7,11-12,15,18H,3-5,8-10H2,1-2H3,(H,21,22)/t15-/m1/s1. The number of benzene rings is 1. The molecule has 27 heavy (non-hydrogen) atoms. The first-order valence-electron chi connectivity index (χ1n) is 8.91. The summed E-state index contributed by atoms with van der Waals surface area (Å²) in [5.74, 6) is -1.06. The molecule has 0 amide bonds. The van der Waals surface area contributed by atoms with E-state index in [1.165, 1.54) is 16.4 Å². The number of piperidine rings is 1. The molecule has 2 N–H and O–H groups in total. The van der Waals surface area contributed by atoms with Gasteiger partial charge in [0, 0.05) is 19.2 Å². The summed E-state index contributed by atoms with van der Waals surface area (Å²) in [5, 5.41) is 23.5. The van der Waals surface area contributed by atoms with E-state index in [1.807, 2.05) is 13.8 Å². The fraction of sp³-hybridized carbons (Fsp3) is 0.588. The Balaban J connectivity index is 2.36. The molecule has 0 aromatic heterocycles. The Morgan fingerprint density at radius 1 is 1.30 bits per heavy atom. The van der Waals surface area contributed by atoms with Crippen molar-refractivity contribution in [1.29, 1.82) is 0 Å². The van der Waals surface area contributed by atoms with Crippen LogP contribution in [0.4, 0.5) is 11.4 Å². The third-order valence-corrected chi connectivity index (χ3v) is 6.35. The van der Waals surface area contributed by atoms with Crippen LogP contribution in [-0.2, 0) is 14.8 Å². The highest BCUT2D eigenvalue weighted by atomic mass is 32.2. The maximum absolute atomic E-state index is 12.7. The number of rotatable bonds is 8. The zero-order chi connectivity index (χ0) is 20.2. The van der Waals surface area contributed by atoms with Gasteiger partial charge in [-0.05, 0) is 37.3 Å². The molecule has 1 aromatic rings. The fourth-order valence-corrected chi connectivity index (χ4v) is 4.62. The molecule has 0 bridgehead atoms. The van der Waals surface area contributed by atoms with Crippen molar-refractivity contribution in [3.8, 4) is 0 Å². The molecular weight excluding hydrogens is 374 g/mol. The largest absolute Gasteiger partial charge is 0.480 e. The molecule has 10 heteroatoms. The number of hydrogen-bond donors (Lipinski definition) is 2. The molecule has 0 unspecified atom stereocenters. The van der Waals surface area contributed by atoms with Crippen molar-refractivity contribution in [2.45, 2.75) is 50.5 Å². The van der Waals surface area contributed by atoms with E-state index in [2.05, 4.69) is 5.32 Å². The van der Waals surface area contributed by atoms with Gasteiger partial charge >= 0.3 is 5.97 Å². The number of nitro benzene ring substituents is 1. The summed E-state index contributed by atoms with van der Waals surface area (Å²) in [7, 11) is -3.81. The van der Waals surface area contributed by atoms with Crippen LogP contribution in [0.2, 0.25) is 0 Å². The van der Waals surface area contributed by atoms with Crippen LogP contribution in [-0.4, -0.2) is 47.9 Å². The van der Waals surface area contributed by atoms with Gasteiger partial charge in [-0.3, -0.25) is 10.1 Å². The average molecular weight is 399 g/mol. The Labute approximate surface area is 158 Å². The van der Waals surface area contributed by atoms with E-state index < -0.39 is 32.6 Å². The number of sulfonamides is 1. The fourth-order valence-electron chi connectivity index (χ4n) is 3.08. The van der Waals surface area contributed by atoms with Gasteiger partial charge in [0.05, 0.1) is 9.82 Å². The second-order valence-electron chi connectivity index (χ2n) is 7.07. The predicted octanol–water partition coefficient (Wildman–Crippen LogP) is 2.68. The molecule has 1 fully saturated rings. The molecule has 1 aliphatic heterocycles. The highest BCUT2D eigenvalue weighted by Crippen LogP contribution is 2.31. The van der Waals surface area contributed by atoms with Crippen LogP contribution in [0.5, 0.6) is 0 Å². The average Bonchev–Trinajstić information content (AvgIpc) is 2.61. The van der Waals surface area contributed by atoms with E-state index in [9.17, 15) is 28.4 Å². The molecular formula is C17H25N3O6S. The number of nitro groups is 1. The zero-order valence-corrected chi connectivity index (χ0v) is 16.2. The van der Waals surface area contributed by atoms with Crippen LogP contribution in [0.3, 0.4) is 0 Å². The van der Waals surface area contributed by atoms with E-state index in [-0.39, 0.29) is 22.9 Å². The first-order valence-corrected chi connectivity index (χ1v) is 10.3. The Hall–Kier alpha value is -2.20. The van der Waals surface area contributed by atoms with Crippen molar-refractivity contribution in [2.24, 2.45) is 5.92 Å². The lowest BCUT2D eigenvalue weighted by atomic mass is 10.0. The van der Waals surface area contributed by atoms with Gasteiger partial charge in [-0.25, -0.2) is 13.2 Å². The second kappa shape index (κ2) is 8.66. The number of anilines is 1. The molecule has 150 valence electrons. The van der Waals surface area contributed by atoms with E-state index in [0.29, 0.717) is 13.1 Å². The van der Waals surface area contributed by atoms with Crippen molar-refractivity contribution in [2.75, 3.05) is 18.4 Å². The SMILES string of the molecule is CC(C)C[C@@H](Nc1ccc(S(=O)(=O)N2CCCCC2)cc1[N+](=O)[O-])C(=O)O. The predicted molar refractivity (Wildman–Crippen MR) is 100 cm³/mol. The van der Waals surface area contributed by atoms with Crippen LogP contribution in [0, 0.1) is 16.0 Å². The molecule has 1 heterocycles. The minimum Gasteiger partial charge on any atom is -0.480 e. The van der Waals surface area contributed by atoms with Gasteiger partial charge < -0.3 is 10.4 Å². The third kappa shape index (κ3) is 5.16. The molecule has 1 aromatic carbocycles. The minimum absolute atomic E-state index is 0.00866. The van der Waals surface area contributed by atoms with Crippen molar-refractivity contribution < 1.29 is 23.2 Å². The van der Waals surface area contributed by atoms with Crippen molar-refractivity contribution in [1.82, 2.24) is 4.31 Å². The molecule has 0 radical (unpaired) electrons. The van der Waals surface area contributed by atoms with Crippen LogP contribution < -0.4 is 5.32 Å². The number of nitrogens with one attached hydrogen (secondary N) is 1. The quantitative estimate of drug-likeness (QED) is 0.507. The zero-order valence-electron chi connectivity index (χ0n) is 15.4. The first kappa shape index (κ1) is 21.1. The highest BCUT2D eigenvalue weighted by molar-refractivity contribution is 7.89. The Kier molecular flexibility index (Phi) is 6.77. The molecule has 2 rings (SSSR count). The van der Waals surface area contributed by atoms with E-state index in [4.69, 9.17) is 0 Å². The number of carboxylic acid groups (broad SMARTS) is 1. The number of aliphatic carboxylic acids is 1. The summed E-state index contributed by atoms with van der Waals surface area (Å²) >= 11 is 0. The molecule has 0 aliphatic carbocycles. The molecule has 1 aliphatic rings. The third-order valence-electron chi connectivity index (χ3n) is 4.45. The Morgan fingerprint density at radius 3 is 2.44 bits per heavy atom. The van der Waals surface area contributed by atoms with Gasteiger partial charge in [0.25, 0.3) is 5.69 Å². The van der Waals surface area contributed by atoms with Gasteiger partial charge in [0.1, 0.15) is 11.7 Å². The lowest BCUT2D eigenvalue weighted by Crippen LogP contribution is -2.35. The highest BCUT2D eigenvalue weighted by Gasteiger charge is 2.29. The monoisotopic (exact) mass is 399 g/mol. The van der Waals surface area contributed by atoms with Gasteiger partial charge in [0.2, 0.25) is 10.0 Å². The number of hydrogen-bond acceptors (Lipinski definition) is 6. The van der Waals surface area contributed by atoms with E-state index in [0.717, 1.165) is 25.3 Å². The topological polar surface area (TPSA) is 130 Å². The molecule has 1 saturated heterocycles. The number of carboxylic acids is 1. The van der Waals surface area contributed by atoms with Crippen molar-refractivity contribution in [3.63, 3.8) is 0 Å². The summed E-state index contributed by atoms with van der Waals surface area (Å²) in [4.78, 5) is 22.0. The first-order chi connectivity index (χ1) is 12.6. The molecule has 0 saturated carbocycles. The second-order valence-corrected chi connectivity index (χ2v) is 9.00. The normalized spacial score (nSPS) is 16.9. The summed E-state index contributed by atoms with van der Waals surface area (Å²) in [6.45, 7) is 4.48. The summed E-state index contributed by atoms with van der Waals surface area (Å²) in [6, 6.07) is 2.55. The van der Waals surface area contributed by atoms with Gasteiger partial charge in [-0.15, -0.1) is 0 Å². The molecule has 1 atom stereocenters. The number of carbonyl (C=O) groups is 1. The van der Waals surface area contributed by atoms with Crippen LogP contribution in [0.25, 0.3) is 0 Å². The Bertz CT molecular complexity index is 803. The van der Waals surface area contributed by atoms with Gasteiger partial charge in [-0.2, -0.15) is 4.31 Å². The lowest BCUT2D eigenvalue weighted by molar-refractivity contribution is -0.384. The van der Waals surface area contributed by atoms with Crippen molar-refractivity contribution >= 4 is 27.4 Å². The van der Waals surface area contributed by atoms with Crippen LogP contribution in [0.1, 0.15) is 39.5 Å². The van der Waals surface area contributed by atoms with Gasteiger partial charge in [-0.1, -0.05) is 20.3 Å². The molecule has 9 nitrogen and oxygen atoms in total. The van der Waals surface area contributed by atoms with Crippen molar-refractivity contribution in [3.05, 3.63) is 28.3 Å². The minimum atomic E-state index is -3.81. The van der Waals surface area contributed by atoms with Gasteiger partial charge in [0.15, 0.2) is 0 Å². The Morgan fingerprint density at radius 2 is 1.93 bits per heavy atom. The lowest BCUT2D eigenvalue weighted by Gasteiger charge is -2.26. The maximum atomic E-state index is 12.7. The van der Waals surface area contributed by atoms with E-state index in [1.54, 1.807) is 0 Å².